The van der Waals surface area contributed by atoms with Gasteiger partial charge in [0, 0.05) is 11.8 Å². The van der Waals surface area contributed by atoms with Crippen molar-refractivity contribution >= 4 is 11.6 Å². The summed E-state index contributed by atoms with van der Waals surface area (Å²) in [4.78, 5) is 11.9. The zero-order valence-corrected chi connectivity index (χ0v) is 11.5. The van der Waals surface area contributed by atoms with Gasteiger partial charge in [-0.05, 0) is 17.7 Å². The topological polar surface area (TPSA) is 84.6 Å². The van der Waals surface area contributed by atoms with Crippen LogP contribution in [0.4, 0.5) is 5.69 Å². The molecule has 0 unspecified atom stereocenters. The minimum atomic E-state index is -0.442. The number of carbonyl (C=O) groups excluding carboxylic acids is 1. The molecule has 1 atom stereocenters. The van der Waals surface area contributed by atoms with Crippen molar-refractivity contribution in [1.82, 2.24) is 5.32 Å². The summed E-state index contributed by atoms with van der Waals surface area (Å²) in [6, 6.07) is 15.7. The van der Waals surface area contributed by atoms with Crippen LogP contribution in [0.5, 0.6) is 5.75 Å². The number of aliphatic hydroxyl groups excluding tert-OH is 1. The van der Waals surface area contributed by atoms with Crippen LogP contribution in [0, 0.1) is 0 Å². The van der Waals surface area contributed by atoms with Gasteiger partial charge < -0.3 is 20.9 Å². The number of hydrogen-bond acceptors (Lipinski definition) is 4. The van der Waals surface area contributed by atoms with Crippen molar-refractivity contribution in [2.75, 3.05) is 18.9 Å². The molecule has 1 amide bonds. The molecule has 0 aliphatic rings. The molecule has 0 saturated carbocycles. The molecular weight excluding hydrogens is 268 g/mol. The van der Waals surface area contributed by atoms with E-state index in [1.807, 2.05) is 30.3 Å². The summed E-state index contributed by atoms with van der Waals surface area (Å²) in [6.45, 7) is -0.305. The van der Waals surface area contributed by atoms with Gasteiger partial charge in [-0.25, -0.2) is 0 Å². The Kier molecular flexibility index (Phi) is 5.17. The number of nitrogen functional groups attached to an aromatic ring is 1. The molecule has 0 bridgehead atoms. The number of rotatable bonds is 6. The first-order valence-electron chi connectivity index (χ1n) is 6.62. The molecule has 0 spiro atoms. The Morgan fingerprint density at radius 3 is 2.62 bits per heavy atom. The van der Waals surface area contributed by atoms with Crippen LogP contribution in [0.3, 0.4) is 0 Å². The van der Waals surface area contributed by atoms with Gasteiger partial charge in [-0.15, -0.1) is 0 Å². The largest absolute Gasteiger partial charge is 0.484 e. The molecule has 2 rings (SSSR count). The van der Waals surface area contributed by atoms with Crippen LogP contribution in [0.2, 0.25) is 0 Å². The summed E-state index contributed by atoms with van der Waals surface area (Å²) >= 11 is 0. The highest BCUT2D eigenvalue weighted by molar-refractivity contribution is 5.78. The molecule has 0 aliphatic carbocycles. The first-order chi connectivity index (χ1) is 10.2. The van der Waals surface area contributed by atoms with E-state index in [1.54, 1.807) is 24.3 Å². The Hall–Kier alpha value is -2.53. The molecule has 110 valence electrons. The quantitative estimate of drug-likeness (QED) is 0.703. The van der Waals surface area contributed by atoms with Crippen LogP contribution in [0.15, 0.2) is 54.6 Å². The molecule has 0 heterocycles. The second kappa shape index (κ2) is 7.31. The molecule has 2 aromatic rings. The van der Waals surface area contributed by atoms with Gasteiger partial charge in [-0.2, -0.15) is 0 Å². The van der Waals surface area contributed by atoms with Crippen LogP contribution in [0.1, 0.15) is 11.6 Å². The molecule has 0 aliphatic heterocycles. The zero-order valence-electron chi connectivity index (χ0n) is 11.5. The zero-order chi connectivity index (χ0) is 15.1. The second-order valence-electron chi connectivity index (χ2n) is 4.57. The predicted octanol–water partition coefficient (Wildman–Crippen LogP) is 1.50. The van der Waals surface area contributed by atoms with Gasteiger partial charge in [0.15, 0.2) is 6.61 Å². The number of carbonyl (C=O) groups is 1. The summed E-state index contributed by atoms with van der Waals surface area (Å²) in [5.74, 6) is 0.228. The Morgan fingerprint density at radius 1 is 1.19 bits per heavy atom. The maximum Gasteiger partial charge on any atom is 0.258 e. The van der Waals surface area contributed by atoms with Gasteiger partial charge in [0.25, 0.3) is 5.91 Å². The van der Waals surface area contributed by atoms with Gasteiger partial charge in [-0.3, -0.25) is 4.79 Å². The van der Waals surface area contributed by atoms with Crippen molar-refractivity contribution in [3.05, 3.63) is 60.2 Å². The summed E-state index contributed by atoms with van der Waals surface area (Å²) in [6.07, 6.45) is 0. The van der Waals surface area contributed by atoms with E-state index in [9.17, 15) is 9.90 Å². The van der Waals surface area contributed by atoms with Gasteiger partial charge in [0.1, 0.15) is 5.75 Å². The third-order valence-electron chi connectivity index (χ3n) is 2.95. The highest BCUT2D eigenvalue weighted by Crippen LogP contribution is 2.15. The highest BCUT2D eigenvalue weighted by Gasteiger charge is 2.13. The smallest absolute Gasteiger partial charge is 0.258 e. The lowest BCUT2D eigenvalue weighted by atomic mass is 10.1. The Balaban J connectivity index is 1.89. The monoisotopic (exact) mass is 286 g/mol. The first-order valence-corrected chi connectivity index (χ1v) is 6.62. The van der Waals surface area contributed by atoms with E-state index in [0.29, 0.717) is 11.4 Å². The maximum absolute atomic E-state index is 11.9. The third-order valence-corrected chi connectivity index (χ3v) is 2.95. The Labute approximate surface area is 123 Å². The van der Waals surface area contributed by atoms with Crippen LogP contribution >= 0.6 is 0 Å². The fourth-order valence-corrected chi connectivity index (χ4v) is 1.91. The second-order valence-corrected chi connectivity index (χ2v) is 4.57. The molecule has 0 aromatic heterocycles. The lowest BCUT2D eigenvalue weighted by molar-refractivity contribution is -0.124. The van der Waals surface area contributed by atoms with Crippen molar-refractivity contribution in [1.29, 1.82) is 0 Å². The summed E-state index contributed by atoms with van der Waals surface area (Å²) in [5, 5.41) is 12.1. The number of anilines is 1. The average molecular weight is 286 g/mol. The molecule has 2 aromatic carbocycles. The van der Waals surface area contributed by atoms with Crippen LogP contribution in [-0.2, 0) is 4.79 Å². The molecular formula is C16H18N2O3. The van der Waals surface area contributed by atoms with E-state index in [1.165, 1.54) is 0 Å². The van der Waals surface area contributed by atoms with E-state index < -0.39 is 6.04 Å². The molecule has 0 radical (unpaired) electrons. The highest BCUT2D eigenvalue weighted by atomic mass is 16.5. The molecule has 5 heteroatoms. The molecule has 21 heavy (non-hydrogen) atoms. The summed E-state index contributed by atoms with van der Waals surface area (Å²) in [7, 11) is 0. The SMILES string of the molecule is Nc1cccc(OCC(=O)N[C@@H](CO)c2ccccc2)c1. The number of nitrogens with two attached hydrogens (primary N) is 1. The minimum absolute atomic E-state index is 0.132. The first kappa shape index (κ1) is 14.9. The Bertz CT molecular complexity index is 587. The average Bonchev–Trinajstić information content (AvgIpc) is 2.51. The van der Waals surface area contributed by atoms with Crippen molar-refractivity contribution in [2.24, 2.45) is 0 Å². The fraction of sp³-hybridized carbons (Fsp3) is 0.188. The predicted molar refractivity (Wildman–Crippen MR) is 80.8 cm³/mol. The van der Waals surface area contributed by atoms with E-state index in [-0.39, 0.29) is 19.1 Å². The van der Waals surface area contributed by atoms with Gasteiger partial charge in [0.2, 0.25) is 0 Å². The van der Waals surface area contributed by atoms with Crippen LogP contribution in [-0.4, -0.2) is 24.2 Å². The standard InChI is InChI=1S/C16H18N2O3/c17-13-7-4-8-14(9-13)21-11-16(20)18-15(10-19)12-5-2-1-3-6-12/h1-9,15,19H,10-11,17H2,(H,18,20)/t15-/m0/s1. The lowest BCUT2D eigenvalue weighted by Gasteiger charge is -2.17. The van der Waals surface area contributed by atoms with Crippen LogP contribution < -0.4 is 15.8 Å². The minimum Gasteiger partial charge on any atom is -0.484 e. The van der Waals surface area contributed by atoms with Crippen molar-refractivity contribution < 1.29 is 14.6 Å². The molecule has 5 nitrogen and oxygen atoms in total. The van der Waals surface area contributed by atoms with E-state index in [2.05, 4.69) is 5.32 Å². The number of nitrogens with one attached hydrogen (secondary N) is 1. The van der Waals surface area contributed by atoms with E-state index >= 15 is 0 Å². The van der Waals surface area contributed by atoms with Crippen molar-refractivity contribution in [2.45, 2.75) is 6.04 Å². The normalized spacial score (nSPS) is 11.7. The van der Waals surface area contributed by atoms with Crippen molar-refractivity contribution in [3.63, 3.8) is 0 Å². The van der Waals surface area contributed by atoms with E-state index in [4.69, 9.17) is 10.5 Å². The van der Waals surface area contributed by atoms with Crippen LogP contribution in [0.25, 0.3) is 0 Å². The van der Waals surface area contributed by atoms with Gasteiger partial charge in [0.05, 0.1) is 12.6 Å². The summed E-state index contributed by atoms with van der Waals surface area (Å²) < 4.78 is 5.36. The molecule has 0 saturated heterocycles. The lowest BCUT2D eigenvalue weighted by Crippen LogP contribution is -2.34. The number of aliphatic hydroxyl groups is 1. The summed E-state index contributed by atoms with van der Waals surface area (Å²) in [5.41, 5.74) is 7.05. The maximum atomic E-state index is 11.9. The number of ether oxygens (including phenoxy) is 1. The van der Waals surface area contributed by atoms with E-state index in [0.717, 1.165) is 5.56 Å². The third kappa shape index (κ3) is 4.50. The molecule has 0 fully saturated rings. The molecule has 4 N–H and O–H groups in total. The fourth-order valence-electron chi connectivity index (χ4n) is 1.91. The van der Waals surface area contributed by atoms with Gasteiger partial charge in [-0.1, -0.05) is 36.4 Å². The number of benzene rings is 2. The number of hydrogen-bond donors (Lipinski definition) is 3. The van der Waals surface area contributed by atoms with Gasteiger partial charge >= 0.3 is 0 Å². The van der Waals surface area contributed by atoms with Crippen molar-refractivity contribution in [3.8, 4) is 5.75 Å². The Morgan fingerprint density at radius 2 is 1.95 bits per heavy atom. The number of amides is 1.